The van der Waals surface area contributed by atoms with E-state index in [2.05, 4.69) is 6.92 Å². The van der Waals surface area contributed by atoms with Crippen LogP contribution in [0, 0.1) is 5.92 Å². The zero-order valence-electron chi connectivity index (χ0n) is 13.9. The molecule has 22 heavy (non-hydrogen) atoms. The Morgan fingerprint density at radius 2 is 2.05 bits per heavy atom. The van der Waals surface area contributed by atoms with Gasteiger partial charge in [0.1, 0.15) is 0 Å². The number of nitrogens with zero attached hydrogens (tertiary/aromatic N) is 1. The number of amides is 1. The molecule has 0 saturated carbocycles. The van der Waals surface area contributed by atoms with Crippen LogP contribution in [0.3, 0.4) is 0 Å². The van der Waals surface area contributed by atoms with Crippen LogP contribution in [0.2, 0.25) is 0 Å². The number of hydrogen-bond acceptors (Lipinski definition) is 3. The average molecular weight is 304 g/mol. The van der Waals surface area contributed by atoms with Crippen LogP contribution in [0.1, 0.15) is 49.5 Å². The van der Waals surface area contributed by atoms with E-state index in [1.807, 2.05) is 43.0 Å². The van der Waals surface area contributed by atoms with Crippen molar-refractivity contribution < 1.29 is 9.53 Å². The molecule has 1 aromatic carbocycles. The normalized spacial score (nSPS) is 22.1. The summed E-state index contributed by atoms with van der Waals surface area (Å²) >= 11 is 0. The molecule has 0 aliphatic carbocycles. The molecule has 122 valence electrons. The molecule has 1 fully saturated rings. The predicted molar refractivity (Wildman–Crippen MR) is 88.6 cm³/mol. The summed E-state index contributed by atoms with van der Waals surface area (Å²) < 4.78 is 5.58. The third kappa shape index (κ3) is 4.31. The molecule has 4 heteroatoms. The number of benzene rings is 1. The van der Waals surface area contributed by atoms with Crippen LogP contribution in [0.15, 0.2) is 24.3 Å². The molecular formula is C18H28N2O2. The molecule has 2 atom stereocenters. The number of carbonyl (C=O) groups is 1. The second-order valence-corrected chi connectivity index (χ2v) is 6.57. The fourth-order valence-electron chi connectivity index (χ4n) is 2.91. The lowest BCUT2D eigenvalue weighted by Crippen LogP contribution is -2.49. The average Bonchev–Trinajstić information content (AvgIpc) is 2.52. The van der Waals surface area contributed by atoms with Gasteiger partial charge in [0.05, 0.1) is 12.7 Å². The quantitative estimate of drug-likeness (QED) is 0.910. The van der Waals surface area contributed by atoms with Gasteiger partial charge in [0.2, 0.25) is 0 Å². The van der Waals surface area contributed by atoms with E-state index in [0.717, 1.165) is 30.5 Å². The van der Waals surface area contributed by atoms with Crippen LogP contribution in [0.5, 0.6) is 0 Å². The van der Waals surface area contributed by atoms with Gasteiger partial charge in [-0.1, -0.05) is 19.1 Å². The van der Waals surface area contributed by atoms with E-state index in [4.69, 9.17) is 10.5 Å². The van der Waals surface area contributed by atoms with E-state index in [9.17, 15) is 4.79 Å². The highest BCUT2D eigenvalue weighted by Gasteiger charge is 2.29. The molecule has 2 rings (SSSR count). The highest BCUT2D eigenvalue weighted by atomic mass is 16.5. The number of likely N-dealkylation sites (tertiary alicyclic amines) is 1. The molecule has 1 aliphatic heterocycles. The van der Waals surface area contributed by atoms with Gasteiger partial charge in [-0.2, -0.15) is 0 Å². The molecule has 1 heterocycles. The number of hydrogen-bond donors (Lipinski definition) is 1. The van der Waals surface area contributed by atoms with E-state index < -0.39 is 0 Å². The van der Waals surface area contributed by atoms with Gasteiger partial charge in [0.15, 0.2) is 0 Å². The lowest BCUT2D eigenvalue weighted by Gasteiger charge is -2.38. The third-order valence-electron chi connectivity index (χ3n) is 4.30. The van der Waals surface area contributed by atoms with Crippen LogP contribution in [-0.4, -0.2) is 36.0 Å². The standard InChI is InChI=1S/C18H28N2O2/c1-13(2)22-12-15-4-6-16(7-5-15)18(21)20-9-8-14(3)10-17(20)11-19/h4-7,13-14,17H,8-12,19H2,1-3H3. The maximum Gasteiger partial charge on any atom is 0.254 e. The minimum Gasteiger partial charge on any atom is -0.374 e. The third-order valence-corrected chi connectivity index (χ3v) is 4.30. The van der Waals surface area contributed by atoms with Gasteiger partial charge in [-0.15, -0.1) is 0 Å². The van der Waals surface area contributed by atoms with Gasteiger partial charge in [-0.3, -0.25) is 4.79 Å². The van der Waals surface area contributed by atoms with E-state index in [1.165, 1.54) is 0 Å². The molecule has 0 spiro atoms. The topological polar surface area (TPSA) is 55.6 Å². The number of nitrogens with two attached hydrogens (primary N) is 1. The van der Waals surface area contributed by atoms with Crippen LogP contribution >= 0.6 is 0 Å². The van der Waals surface area contributed by atoms with Gasteiger partial charge in [0, 0.05) is 24.7 Å². The van der Waals surface area contributed by atoms with Crippen LogP contribution in [0.4, 0.5) is 0 Å². The Kier molecular flexibility index (Phi) is 5.98. The first-order chi connectivity index (χ1) is 10.5. The Labute approximate surface area is 133 Å². The molecule has 0 bridgehead atoms. The Balaban J connectivity index is 2.02. The highest BCUT2D eigenvalue weighted by Crippen LogP contribution is 2.23. The lowest BCUT2D eigenvalue weighted by molar-refractivity contribution is 0.0572. The molecule has 2 unspecified atom stereocenters. The van der Waals surface area contributed by atoms with Gasteiger partial charge in [-0.25, -0.2) is 0 Å². The van der Waals surface area contributed by atoms with Crippen LogP contribution < -0.4 is 5.73 Å². The summed E-state index contributed by atoms with van der Waals surface area (Å²) in [7, 11) is 0. The van der Waals surface area contributed by atoms with Gasteiger partial charge >= 0.3 is 0 Å². The lowest BCUT2D eigenvalue weighted by atomic mass is 9.92. The molecule has 1 aromatic rings. The highest BCUT2D eigenvalue weighted by molar-refractivity contribution is 5.94. The summed E-state index contributed by atoms with van der Waals surface area (Å²) in [4.78, 5) is 14.6. The van der Waals surface area contributed by atoms with E-state index in [-0.39, 0.29) is 18.1 Å². The van der Waals surface area contributed by atoms with Crippen molar-refractivity contribution in [1.29, 1.82) is 0 Å². The number of rotatable bonds is 5. The first kappa shape index (κ1) is 17.0. The fraction of sp³-hybridized carbons (Fsp3) is 0.611. The van der Waals surface area contributed by atoms with Crippen LogP contribution in [-0.2, 0) is 11.3 Å². The Morgan fingerprint density at radius 3 is 2.64 bits per heavy atom. The first-order valence-electron chi connectivity index (χ1n) is 8.22. The monoisotopic (exact) mass is 304 g/mol. The minimum absolute atomic E-state index is 0.0960. The zero-order valence-corrected chi connectivity index (χ0v) is 13.9. The second-order valence-electron chi connectivity index (χ2n) is 6.57. The van der Waals surface area contributed by atoms with Crippen molar-refractivity contribution in [3.63, 3.8) is 0 Å². The summed E-state index contributed by atoms with van der Waals surface area (Å²) in [6.45, 7) is 8.19. The number of ether oxygens (including phenoxy) is 1. The van der Waals surface area contributed by atoms with Crippen molar-refractivity contribution in [3.05, 3.63) is 35.4 Å². The van der Waals surface area contributed by atoms with Crippen molar-refractivity contribution in [1.82, 2.24) is 4.90 Å². The second kappa shape index (κ2) is 7.75. The van der Waals surface area contributed by atoms with Gasteiger partial charge in [0.25, 0.3) is 5.91 Å². The van der Waals surface area contributed by atoms with E-state index in [1.54, 1.807) is 0 Å². The SMILES string of the molecule is CC1CCN(C(=O)c2ccc(COC(C)C)cc2)C(CN)C1. The molecular weight excluding hydrogens is 276 g/mol. The fourth-order valence-corrected chi connectivity index (χ4v) is 2.91. The molecule has 0 aromatic heterocycles. The molecule has 0 radical (unpaired) electrons. The van der Waals surface area contributed by atoms with Crippen molar-refractivity contribution in [2.45, 2.75) is 52.4 Å². The summed E-state index contributed by atoms with van der Waals surface area (Å²) in [6.07, 6.45) is 2.27. The van der Waals surface area contributed by atoms with Gasteiger partial charge < -0.3 is 15.4 Å². The smallest absolute Gasteiger partial charge is 0.254 e. The molecule has 2 N–H and O–H groups in total. The Hall–Kier alpha value is -1.39. The maximum absolute atomic E-state index is 12.7. The number of carbonyl (C=O) groups excluding carboxylic acids is 1. The number of piperidine rings is 1. The van der Waals surface area contributed by atoms with Gasteiger partial charge in [-0.05, 0) is 50.3 Å². The van der Waals surface area contributed by atoms with Crippen molar-refractivity contribution in [2.24, 2.45) is 11.7 Å². The van der Waals surface area contributed by atoms with E-state index in [0.29, 0.717) is 19.1 Å². The maximum atomic E-state index is 12.7. The summed E-state index contributed by atoms with van der Waals surface area (Å²) in [5.41, 5.74) is 7.68. The molecule has 4 nitrogen and oxygen atoms in total. The molecule has 1 aliphatic rings. The zero-order chi connectivity index (χ0) is 16.1. The predicted octanol–water partition coefficient (Wildman–Crippen LogP) is 2.81. The summed E-state index contributed by atoms with van der Waals surface area (Å²) in [5.74, 6) is 0.742. The largest absolute Gasteiger partial charge is 0.374 e. The summed E-state index contributed by atoms with van der Waals surface area (Å²) in [6, 6.07) is 7.90. The van der Waals surface area contributed by atoms with Crippen molar-refractivity contribution in [3.8, 4) is 0 Å². The van der Waals surface area contributed by atoms with Crippen molar-refractivity contribution in [2.75, 3.05) is 13.1 Å². The van der Waals surface area contributed by atoms with Crippen LogP contribution in [0.25, 0.3) is 0 Å². The van der Waals surface area contributed by atoms with Crippen molar-refractivity contribution >= 4 is 5.91 Å². The Morgan fingerprint density at radius 1 is 1.36 bits per heavy atom. The Bertz CT molecular complexity index is 484. The molecule has 1 amide bonds. The summed E-state index contributed by atoms with van der Waals surface area (Å²) in [5, 5.41) is 0. The van der Waals surface area contributed by atoms with E-state index >= 15 is 0 Å². The minimum atomic E-state index is 0.0960. The first-order valence-corrected chi connectivity index (χ1v) is 8.22. The molecule has 1 saturated heterocycles.